The number of anilines is 1. The molecule has 0 bridgehead atoms. The smallest absolute Gasteiger partial charge is 0.222 e. The molecule has 0 fully saturated rings. The molecule has 0 N–H and O–H groups in total. The summed E-state index contributed by atoms with van der Waals surface area (Å²) in [5, 5.41) is 2.33. The number of sulfonamides is 1. The molecule has 1 aromatic heterocycles. The van der Waals surface area contributed by atoms with Gasteiger partial charge in [-0.2, -0.15) is 0 Å². The molecule has 3 rings (SSSR count). The van der Waals surface area contributed by atoms with Gasteiger partial charge in [0.2, 0.25) is 0 Å². The lowest BCUT2D eigenvalue weighted by Crippen LogP contribution is -2.38. The summed E-state index contributed by atoms with van der Waals surface area (Å²) in [4.78, 5) is 4.75. The van der Waals surface area contributed by atoms with Crippen molar-refractivity contribution in [3.8, 4) is 0 Å². The number of fused-ring (bicyclic) bond motifs is 1. The van der Waals surface area contributed by atoms with Crippen molar-refractivity contribution in [2.24, 2.45) is 4.99 Å². The lowest BCUT2D eigenvalue weighted by atomic mass is 10.3. The molecule has 0 radical (unpaired) electrons. The Kier molecular flexibility index (Phi) is 2.91. The van der Waals surface area contributed by atoms with Crippen molar-refractivity contribution < 1.29 is 8.42 Å². The highest BCUT2D eigenvalue weighted by molar-refractivity contribution is 7.94. The van der Waals surface area contributed by atoms with Gasteiger partial charge in [0.15, 0.2) is 0 Å². The van der Waals surface area contributed by atoms with Gasteiger partial charge >= 0.3 is 0 Å². The maximum absolute atomic E-state index is 12.7. The van der Waals surface area contributed by atoms with Crippen LogP contribution < -0.4 is 4.31 Å². The van der Waals surface area contributed by atoms with Crippen molar-refractivity contribution in [3.05, 3.63) is 41.8 Å². The van der Waals surface area contributed by atoms with E-state index in [2.05, 4.69) is 4.99 Å². The number of rotatable bonds is 2. The van der Waals surface area contributed by atoms with E-state index in [4.69, 9.17) is 0 Å². The Morgan fingerprint density at radius 3 is 2.63 bits per heavy atom. The van der Waals surface area contributed by atoms with Crippen molar-refractivity contribution >= 4 is 37.9 Å². The maximum Gasteiger partial charge on any atom is 0.272 e. The molecule has 0 atom stereocenters. The molecule has 0 amide bonds. The van der Waals surface area contributed by atoms with Gasteiger partial charge in [-0.3, -0.25) is 0 Å². The van der Waals surface area contributed by atoms with Crippen molar-refractivity contribution in [1.29, 1.82) is 0 Å². The van der Waals surface area contributed by atoms with Gasteiger partial charge in [-0.1, -0.05) is 25.1 Å². The van der Waals surface area contributed by atoms with Crippen LogP contribution in [0.2, 0.25) is 0 Å². The van der Waals surface area contributed by atoms with Gasteiger partial charge in [0.25, 0.3) is 10.0 Å². The molecule has 98 valence electrons. The fourth-order valence-electron chi connectivity index (χ4n) is 2.04. The van der Waals surface area contributed by atoms with E-state index in [0.717, 1.165) is 0 Å². The Hall–Kier alpha value is -1.66. The molecule has 19 heavy (non-hydrogen) atoms. The second-order valence-electron chi connectivity index (χ2n) is 4.08. The van der Waals surface area contributed by atoms with E-state index < -0.39 is 10.0 Å². The summed E-state index contributed by atoms with van der Waals surface area (Å²) in [5.74, 6) is 0.557. The van der Waals surface area contributed by atoms with Gasteiger partial charge in [-0.05, 0) is 23.6 Å². The Balaban J connectivity index is 2.25. The summed E-state index contributed by atoms with van der Waals surface area (Å²) >= 11 is 1.35. The summed E-state index contributed by atoms with van der Waals surface area (Å²) in [6.45, 7) is 1.91. The minimum Gasteiger partial charge on any atom is -0.222 e. The Morgan fingerprint density at radius 1 is 1.21 bits per heavy atom. The molecule has 1 aliphatic heterocycles. The largest absolute Gasteiger partial charge is 0.272 e. The molecule has 0 saturated carbocycles. The lowest BCUT2D eigenvalue weighted by Gasteiger charge is -2.28. The number of aliphatic imine (C=N–C) groups is 1. The molecule has 0 saturated heterocycles. The zero-order chi connectivity index (χ0) is 13.5. The average Bonchev–Trinajstić information content (AvgIpc) is 2.88. The third-order valence-corrected chi connectivity index (χ3v) is 5.62. The van der Waals surface area contributed by atoms with Crippen molar-refractivity contribution in [2.75, 3.05) is 4.31 Å². The van der Waals surface area contributed by atoms with Crippen LogP contribution >= 0.6 is 11.3 Å². The van der Waals surface area contributed by atoms with Crippen LogP contribution in [0.15, 0.2) is 51.7 Å². The number of amidine groups is 1. The molecule has 0 unspecified atom stereocenters. The molecule has 0 spiro atoms. The minimum absolute atomic E-state index is 0.290. The third-order valence-electron chi connectivity index (χ3n) is 2.90. The molecular formula is C13H12N2O2S2. The van der Waals surface area contributed by atoms with Gasteiger partial charge in [0, 0.05) is 6.42 Å². The van der Waals surface area contributed by atoms with Gasteiger partial charge in [-0.25, -0.2) is 17.7 Å². The topological polar surface area (TPSA) is 49.7 Å². The summed E-state index contributed by atoms with van der Waals surface area (Å²) < 4.78 is 26.7. The molecule has 4 nitrogen and oxygen atoms in total. The fraction of sp³-hybridized carbons (Fsp3) is 0.154. The monoisotopic (exact) mass is 292 g/mol. The first-order chi connectivity index (χ1) is 9.14. The van der Waals surface area contributed by atoms with Crippen LogP contribution in [0.4, 0.5) is 10.7 Å². The van der Waals surface area contributed by atoms with Crippen molar-refractivity contribution in [2.45, 2.75) is 18.2 Å². The van der Waals surface area contributed by atoms with Crippen molar-refractivity contribution in [1.82, 2.24) is 0 Å². The number of thiophene rings is 1. The van der Waals surface area contributed by atoms with E-state index in [9.17, 15) is 8.42 Å². The molecule has 1 aromatic carbocycles. The first-order valence-corrected chi connectivity index (χ1v) is 8.22. The SMILES string of the molecule is CCC1=Nc2sccc2S(=O)(=O)N1c1ccccc1. The average molecular weight is 292 g/mol. The molecule has 1 aliphatic rings. The van der Waals surface area contributed by atoms with E-state index in [1.54, 1.807) is 23.6 Å². The number of para-hydroxylation sites is 1. The normalized spacial score (nSPS) is 16.9. The first kappa shape index (κ1) is 12.4. The Labute approximate surface area is 116 Å². The van der Waals surface area contributed by atoms with Crippen LogP contribution in [0.3, 0.4) is 0 Å². The predicted molar refractivity (Wildman–Crippen MR) is 77.8 cm³/mol. The highest BCUT2D eigenvalue weighted by Gasteiger charge is 2.35. The van der Waals surface area contributed by atoms with E-state index in [-0.39, 0.29) is 0 Å². The van der Waals surface area contributed by atoms with Crippen LogP contribution in [0.25, 0.3) is 0 Å². The van der Waals surface area contributed by atoms with Crippen LogP contribution in [0.1, 0.15) is 13.3 Å². The molecule has 0 aliphatic carbocycles. The second kappa shape index (κ2) is 4.47. The molecular weight excluding hydrogens is 280 g/mol. The summed E-state index contributed by atoms with van der Waals surface area (Å²) in [5.41, 5.74) is 0.625. The van der Waals surface area contributed by atoms with Crippen LogP contribution in [0.5, 0.6) is 0 Å². The predicted octanol–water partition coefficient (Wildman–Crippen LogP) is 3.40. The Bertz CT molecular complexity index is 733. The number of nitrogens with zero attached hydrogens (tertiary/aromatic N) is 2. The van der Waals surface area contributed by atoms with E-state index in [0.29, 0.717) is 27.8 Å². The van der Waals surface area contributed by atoms with E-state index in [1.807, 2.05) is 25.1 Å². The number of hydrogen-bond donors (Lipinski definition) is 0. The zero-order valence-electron chi connectivity index (χ0n) is 10.3. The van der Waals surface area contributed by atoms with Crippen LogP contribution in [-0.2, 0) is 10.0 Å². The third kappa shape index (κ3) is 1.87. The standard InChI is InChI=1S/C13H12N2O2S2/c1-2-12-14-13-11(8-9-18-13)19(16,17)15(12)10-6-4-3-5-7-10/h3-9H,2H2,1H3. The maximum atomic E-state index is 12.7. The molecule has 2 heterocycles. The van der Waals surface area contributed by atoms with Gasteiger partial charge in [0.1, 0.15) is 15.7 Å². The molecule has 6 heteroatoms. The number of hydrogen-bond acceptors (Lipinski definition) is 4. The highest BCUT2D eigenvalue weighted by Crippen LogP contribution is 2.39. The summed E-state index contributed by atoms with van der Waals surface area (Å²) in [6, 6.07) is 10.7. The van der Waals surface area contributed by atoms with Gasteiger partial charge in [-0.15, -0.1) is 11.3 Å². The Morgan fingerprint density at radius 2 is 1.95 bits per heavy atom. The lowest BCUT2D eigenvalue weighted by molar-refractivity contribution is 0.596. The van der Waals surface area contributed by atoms with Gasteiger partial charge < -0.3 is 0 Å². The fourth-order valence-corrected chi connectivity index (χ4v) is 4.81. The summed E-state index contributed by atoms with van der Waals surface area (Å²) in [7, 11) is -3.54. The zero-order valence-corrected chi connectivity index (χ0v) is 11.9. The number of benzene rings is 1. The van der Waals surface area contributed by atoms with Crippen molar-refractivity contribution in [3.63, 3.8) is 0 Å². The van der Waals surface area contributed by atoms with Gasteiger partial charge in [0.05, 0.1) is 5.69 Å². The minimum atomic E-state index is -3.54. The highest BCUT2D eigenvalue weighted by atomic mass is 32.2. The first-order valence-electron chi connectivity index (χ1n) is 5.90. The van der Waals surface area contributed by atoms with E-state index in [1.165, 1.54) is 15.6 Å². The van der Waals surface area contributed by atoms with Crippen LogP contribution in [-0.4, -0.2) is 14.3 Å². The van der Waals surface area contributed by atoms with Crippen LogP contribution in [0, 0.1) is 0 Å². The summed E-state index contributed by atoms with van der Waals surface area (Å²) in [6.07, 6.45) is 0.561. The quantitative estimate of drug-likeness (QED) is 0.851. The van der Waals surface area contributed by atoms with E-state index >= 15 is 0 Å². The molecule has 2 aromatic rings. The second-order valence-corrected chi connectivity index (χ2v) is 6.73.